The second-order valence-corrected chi connectivity index (χ2v) is 2.95. The second-order valence-electron chi connectivity index (χ2n) is 2.95. The highest BCUT2D eigenvalue weighted by molar-refractivity contribution is 5.40. The summed E-state index contributed by atoms with van der Waals surface area (Å²) in [6, 6.07) is 3.69. The zero-order valence-electron chi connectivity index (χ0n) is 7.39. The molecular weight excluding hydrogens is 152 g/mol. The van der Waals surface area contributed by atoms with Gasteiger partial charge in [0.1, 0.15) is 5.75 Å². The van der Waals surface area contributed by atoms with Gasteiger partial charge in [-0.15, -0.1) is 0 Å². The molecule has 0 atom stereocenters. The fraction of sp³-hybridized carbons (Fsp3) is 0.333. The van der Waals surface area contributed by atoms with Gasteiger partial charge in [0.25, 0.3) is 0 Å². The highest BCUT2D eigenvalue weighted by atomic mass is 16.3. The number of benzene rings is 1. The van der Waals surface area contributed by atoms with Crippen LogP contribution in [0.3, 0.4) is 0 Å². The predicted molar refractivity (Wildman–Crippen MR) is 48.6 cm³/mol. The second kappa shape index (κ2) is 3.56. The van der Waals surface area contributed by atoms with Crippen LogP contribution in [0.5, 0.6) is 5.75 Å². The average molecular weight is 166 g/mol. The Hall–Kier alpha value is -1.06. The fourth-order valence-corrected chi connectivity index (χ4v) is 1.11. The van der Waals surface area contributed by atoms with E-state index in [4.69, 9.17) is 5.84 Å². The van der Waals surface area contributed by atoms with Gasteiger partial charge in [-0.05, 0) is 31.0 Å². The Morgan fingerprint density at radius 3 is 2.50 bits per heavy atom. The Morgan fingerprint density at radius 1 is 1.33 bits per heavy atom. The zero-order chi connectivity index (χ0) is 9.14. The number of rotatable bonds is 2. The lowest BCUT2D eigenvalue weighted by molar-refractivity contribution is 0.464. The first kappa shape index (κ1) is 9.03. The fourth-order valence-electron chi connectivity index (χ4n) is 1.11. The molecule has 4 N–H and O–H groups in total. The molecule has 3 heteroatoms. The lowest BCUT2D eigenvalue weighted by Gasteiger charge is -2.07. The summed E-state index contributed by atoms with van der Waals surface area (Å²) in [5.41, 5.74) is 5.60. The third kappa shape index (κ3) is 1.75. The van der Waals surface area contributed by atoms with Gasteiger partial charge in [-0.25, -0.2) is 0 Å². The summed E-state index contributed by atoms with van der Waals surface area (Å²) in [6.07, 6.45) is 0. The monoisotopic (exact) mass is 166 g/mol. The molecule has 0 saturated carbocycles. The van der Waals surface area contributed by atoms with Crippen molar-refractivity contribution in [2.24, 2.45) is 5.84 Å². The number of hydrazine groups is 1. The molecule has 0 fully saturated rings. The molecule has 0 heterocycles. The van der Waals surface area contributed by atoms with Crippen molar-refractivity contribution in [3.63, 3.8) is 0 Å². The van der Waals surface area contributed by atoms with Crippen molar-refractivity contribution >= 4 is 0 Å². The predicted octanol–water partition coefficient (Wildman–Crippen LogP) is 0.972. The van der Waals surface area contributed by atoms with E-state index in [1.165, 1.54) is 0 Å². The van der Waals surface area contributed by atoms with Gasteiger partial charge in [0.2, 0.25) is 0 Å². The van der Waals surface area contributed by atoms with Gasteiger partial charge in [-0.2, -0.15) is 0 Å². The smallest absolute Gasteiger partial charge is 0.120 e. The number of aryl methyl sites for hydroxylation is 2. The van der Waals surface area contributed by atoms with Gasteiger partial charge in [0.15, 0.2) is 0 Å². The van der Waals surface area contributed by atoms with Crippen LogP contribution in [0, 0.1) is 13.8 Å². The third-order valence-electron chi connectivity index (χ3n) is 1.99. The molecule has 1 aromatic rings. The largest absolute Gasteiger partial charge is 0.508 e. The number of hydrogen-bond acceptors (Lipinski definition) is 3. The molecule has 0 aliphatic heterocycles. The Morgan fingerprint density at radius 2 is 1.92 bits per heavy atom. The van der Waals surface area contributed by atoms with Gasteiger partial charge in [-0.1, -0.05) is 6.07 Å². The topological polar surface area (TPSA) is 58.3 Å². The van der Waals surface area contributed by atoms with Crippen molar-refractivity contribution < 1.29 is 5.11 Å². The van der Waals surface area contributed by atoms with Crippen molar-refractivity contribution in [3.8, 4) is 5.75 Å². The van der Waals surface area contributed by atoms with Crippen molar-refractivity contribution in [2.75, 3.05) is 0 Å². The lowest BCUT2D eigenvalue weighted by Crippen LogP contribution is -2.20. The summed E-state index contributed by atoms with van der Waals surface area (Å²) >= 11 is 0. The summed E-state index contributed by atoms with van der Waals surface area (Å²) < 4.78 is 0. The molecule has 0 saturated heterocycles. The van der Waals surface area contributed by atoms with Crippen LogP contribution >= 0.6 is 0 Å². The van der Waals surface area contributed by atoms with Crippen LogP contribution in [-0.4, -0.2) is 5.11 Å². The summed E-state index contributed by atoms with van der Waals surface area (Å²) in [4.78, 5) is 0. The van der Waals surface area contributed by atoms with E-state index in [0.29, 0.717) is 12.3 Å². The molecule has 0 aromatic heterocycles. The Bertz CT molecular complexity index is 284. The molecule has 0 aliphatic carbocycles. The van der Waals surface area contributed by atoms with E-state index in [-0.39, 0.29) is 0 Å². The summed E-state index contributed by atoms with van der Waals surface area (Å²) in [5.74, 6) is 5.46. The van der Waals surface area contributed by atoms with Gasteiger partial charge in [-0.3, -0.25) is 11.3 Å². The van der Waals surface area contributed by atoms with E-state index >= 15 is 0 Å². The molecule has 1 aromatic carbocycles. The van der Waals surface area contributed by atoms with E-state index < -0.39 is 0 Å². The van der Waals surface area contributed by atoms with E-state index in [0.717, 1.165) is 16.7 Å². The molecule has 0 amide bonds. The summed E-state index contributed by atoms with van der Waals surface area (Å²) in [7, 11) is 0. The van der Waals surface area contributed by atoms with Crippen LogP contribution in [0.25, 0.3) is 0 Å². The first-order chi connectivity index (χ1) is 5.65. The van der Waals surface area contributed by atoms with Gasteiger partial charge in [0, 0.05) is 12.1 Å². The maximum Gasteiger partial charge on any atom is 0.120 e. The Kier molecular flexibility index (Phi) is 2.68. The van der Waals surface area contributed by atoms with Gasteiger partial charge >= 0.3 is 0 Å². The van der Waals surface area contributed by atoms with Crippen LogP contribution in [0.15, 0.2) is 12.1 Å². The molecule has 0 spiro atoms. The van der Waals surface area contributed by atoms with E-state index in [1.807, 2.05) is 19.9 Å². The number of phenolic OH excluding ortho intramolecular Hbond substituents is 1. The van der Waals surface area contributed by atoms with Gasteiger partial charge in [0.05, 0.1) is 0 Å². The summed E-state index contributed by atoms with van der Waals surface area (Å²) in [6.45, 7) is 4.47. The molecule has 0 unspecified atom stereocenters. The van der Waals surface area contributed by atoms with Crippen molar-refractivity contribution in [1.29, 1.82) is 0 Å². The molecule has 0 bridgehead atoms. The zero-order valence-corrected chi connectivity index (χ0v) is 7.39. The van der Waals surface area contributed by atoms with Crippen LogP contribution in [0.4, 0.5) is 0 Å². The molecule has 12 heavy (non-hydrogen) atoms. The highest BCUT2D eigenvalue weighted by Gasteiger charge is 2.02. The molecular formula is C9H14N2O. The number of hydrogen-bond donors (Lipinski definition) is 3. The number of phenols is 1. The first-order valence-corrected chi connectivity index (χ1v) is 3.87. The molecule has 3 nitrogen and oxygen atoms in total. The number of nitrogens with one attached hydrogen (secondary N) is 1. The highest BCUT2D eigenvalue weighted by Crippen LogP contribution is 2.21. The Labute approximate surface area is 72.2 Å². The van der Waals surface area contributed by atoms with Crippen molar-refractivity contribution in [3.05, 3.63) is 28.8 Å². The normalized spacial score (nSPS) is 10.2. The SMILES string of the molecule is Cc1cc(O)c(CNN)cc1C. The van der Waals surface area contributed by atoms with Crippen molar-refractivity contribution in [1.82, 2.24) is 5.43 Å². The first-order valence-electron chi connectivity index (χ1n) is 3.87. The van der Waals surface area contributed by atoms with E-state index in [2.05, 4.69) is 5.43 Å². The maximum absolute atomic E-state index is 9.45. The van der Waals surface area contributed by atoms with Crippen LogP contribution < -0.4 is 11.3 Å². The molecule has 0 radical (unpaired) electrons. The molecule has 66 valence electrons. The maximum atomic E-state index is 9.45. The minimum absolute atomic E-state index is 0.302. The molecule has 1 rings (SSSR count). The minimum Gasteiger partial charge on any atom is -0.508 e. The number of aromatic hydroxyl groups is 1. The quantitative estimate of drug-likeness (QED) is 0.453. The van der Waals surface area contributed by atoms with Crippen LogP contribution in [0.2, 0.25) is 0 Å². The third-order valence-corrected chi connectivity index (χ3v) is 1.99. The standard InChI is InChI=1S/C9H14N2O/c1-6-3-8(5-11-10)9(12)4-7(6)2/h3-4,11-12H,5,10H2,1-2H3. The van der Waals surface area contributed by atoms with E-state index in [1.54, 1.807) is 6.07 Å². The van der Waals surface area contributed by atoms with Gasteiger partial charge < -0.3 is 5.11 Å². The average Bonchev–Trinajstić information content (AvgIpc) is 2.01. The summed E-state index contributed by atoms with van der Waals surface area (Å²) in [5, 5.41) is 9.45. The van der Waals surface area contributed by atoms with Crippen LogP contribution in [0.1, 0.15) is 16.7 Å². The minimum atomic E-state index is 0.302. The molecule has 0 aliphatic rings. The van der Waals surface area contributed by atoms with Crippen LogP contribution in [-0.2, 0) is 6.54 Å². The lowest BCUT2D eigenvalue weighted by atomic mass is 10.1. The van der Waals surface area contributed by atoms with Crippen molar-refractivity contribution in [2.45, 2.75) is 20.4 Å². The van der Waals surface area contributed by atoms with E-state index in [9.17, 15) is 5.11 Å². The number of nitrogens with two attached hydrogens (primary N) is 1. The Balaban J connectivity index is 3.05.